The minimum atomic E-state index is -0.195. The summed E-state index contributed by atoms with van der Waals surface area (Å²) in [6, 6.07) is 7.43. The van der Waals surface area contributed by atoms with Crippen molar-refractivity contribution in [2.45, 2.75) is 37.6 Å². The molecule has 0 bridgehead atoms. The molecule has 2 rings (SSSR count). The van der Waals surface area contributed by atoms with Crippen molar-refractivity contribution in [1.82, 2.24) is 5.32 Å². The number of nitrogens with one attached hydrogen (secondary N) is 1. The molecule has 0 aliphatic heterocycles. The lowest BCUT2D eigenvalue weighted by Gasteiger charge is -2.28. The standard InChI is InChI=1S/C14H17Cl2NO/c15-10-14(7-3-4-8-14)17-13(18)9-11-5-1-2-6-12(11)16/h1-2,5-6H,3-4,7-10H2,(H,17,18). The van der Waals surface area contributed by atoms with E-state index in [1.807, 2.05) is 18.2 Å². The number of benzene rings is 1. The van der Waals surface area contributed by atoms with Crippen molar-refractivity contribution in [2.75, 3.05) is 5.88 Å². The summed E-state index contributed by atoms with van der Waals surface area (Å²) in [4.78, 5) is 12.1. The van der Waals surface area contributed by atoms with E-state index in [4.69, 9.17) is 23.2 Å². The average Bonchev–Trinajstić information content (AvgIpc) is 2.81. The van der Waals surface area contributed by atoms with Gasteiger partial charge in [-0.25, -0.2) is 0 Å². The fourth-order valence-electron chi connectivity index (χ4n) is 2.50. The van der Waals surface area contributed by atoms with E-state index >= 15 is 0 Å². The largest absolute Gasteiger partial charge is 0.349 e. The van der Waals surface area contributed by atoms with Crippen LogP contribution in [-0.4, -0.2) is 17.3 Å². The van der Waals surface area contributed by atoms with Crippen molar-refractivity contribution >= 4 is 29.1 Å². The number of rotatable bonds is 4. The third-order valence-corrected chi connectivity index (χ3v) is 4.41. The molecule has 1 N–H and O–H groups in total. The summed E-state index contributed by atoms with van der Waals surface area (Å²) in [5.74, 6) is 0.493. The molecule has 18 heavy (non-hydrogen) atoms. The van der Waals surface area contributed by atoms with E-state index in [9.17, 15) is 4.79 Å². The van der Waals surface area contributed by atoms with Crippen molar-refractivity contribution < 1.29 is 4.79 Å². The third kappa shape index (κ3) is 3.18. The van der Waals surface area contributed by atoms with E-state index in [2.05, 4.69) is 5.32 Å². The van der Waals surface area contributed by atoms with E-state index in [0.29, 0.717) is 17.3 Å². The van der Waals surface area contributed by atoms with Crippen LogP contribution in [0.5, 0.6) is 0 Å². The summed E-state index contributed by atoms with van der Waals surface area (Å²) in [6.07, 6.45) is 4.55. The maximum atomic E-state index is 12.1. The monoisotopic (exact) mass is 285 g/mol. The second-order valence-corrected chi connectivity index (χ2v) is 5.61. The summed E-state index contributed by atoms with van der Waals surface area (Å²) >= 11 is 12.0. The van der Waals surface area contributed by atoms with Gasteiger partial charge in [-0.3, -0.25) is 4.79 Å². The van der Waals surface area contributed by atoms with Gasteiger partial charge in [0.05, 0.1) is 12.0 Å². The molecular formula is C14H17Cl2NO. The van der Waals surface area contributed by atoms with E-state index in [1.54, 1.807) is 6.07 Å². The van der Waals surface area contributed by atoms with Crippen molar-refractivity contribution in [3.63, 3.8) is 0 Å². The smallest absolute Gasteiger partial charge is 0.224 e. The minimum Gasteiger partial charge on any atom is -0.349 e. The number of hydrogen-bond acceptors (Lipinski definition) is 1. The van der Waals surface area contributed by atoms with Crippen LogP contribution >= 0.6 is 23.2 Å². The Morgan fingerprint density at radius 1 is 1.28 bits per heavy atom. The zero-order valence-corrected chi connectivity index (χ0v) is 11.7. The average molecular weight is 286 g/mol. The van der Waals surface area contributed by atoms with Crippen LogP contribution in [0, 0.1) is 0 Å². The molecule has 0 spiro atoms. The van der Waals surface area contributed by atoms with Crippen molar-refractivity contribution in [2.24, 2.45) is 0 Å². The second kappa shape index (κ2) is 5.94. The number of halogens is 2. The highest BCUT2D eigenvalue weighted by Crippen LogP contribution is 2.30. The lowest BCUT2D eigenvalue weighted by Crippen LogP contribution is -2.48. The van der Waals surface area contributed by atoms with Gasteiger partial charge in [-0.05, 0) is 24.5 Å². The molecule has 0 radical (unpaired) electrons. The molecule has 1 aliphatic carbocycles. The molecule has 0 aromatic heterocycles. The first-order valence-corrected chi connectivity index (χ1v) is 7.17. The van der Waals surface area contributed by atoms with Crippen molar-refractivity contribution in [3.05, 3.63) is 34.9 Å². The van der Waals surface area contributed by atoms with Crippen LogP contribution in [-0.2, 0) is 11.2 Å². The van der Waals surface area contributed by atoms with Crippen LogP contribution in [0.1, 0.15) is 31.2 Å². The van der Waals surface area contributed by atoms with Crippen LogP contribution in [0.15, 0.2) is 24.3 Å². The van der Waals surface area contributed by atoms with Gasteiger partial charge < -0.3 is 5.32 Å². The molecule has 0 atom stereocenters. The Balaban J connectivity index is 1.98. The molecular weight excluding hydrogens is 269 g/mol. The van der Waals surface area contributed by atoms with Gasteiger partial charge in [-0.15, -0.1) is 11.6 Å². The van der Waals surface area contributed by atoms with Crippen LogP contribution in [0.3, 0.4) is 0 Å². The Bertz CT molecular complexity index is 428. The topological polar surface area (TPSA) is 29.1 Å². The number of carbonyl (C=O) groups excluding carboxylic acids is 1. The Labute approximate surface area is 118 Å². The molecule has 0 unspecified atom stereocenters. The molecule has 98 valence electrons. The van der Waals surface area contributed by atoms with E-state index in [-0.39, 0.29) is 11.4 Å². The van der Waals surface area contributed by atoms with Gasteiger partial charge in [0.25, 0.3) is 0 Å². The SMILES string of the molecule is O=C(Cc1ccccc1Cl)NC1(CCl)CCCC1. The van der Waals surface area contributed by atoms with Gasteiger partial charge in [-0.1, -0.05) is 42.6 Å². The zero-order chi connectivity index (χ0) is 13.0. The summed E-state index contributed by atoms with van der Waals surface area (Å²) in [5, 5.41) is 3.73. The van der Waals surface area contributed by atoms with Gasteiger partial charge in [0.1, 0.15) is 0 Å². The molecule has 1 aromatic carbocycles. The number of amides is 1. The normalized spacial score (nSPS) is 17.7. The quantitative estimate of drug-likeness (QED) is 0.843. The fraction of sp³-hybridized carbons (Fsp3) is 0.500. The number of alkyl halides is 1. The van der Waals surface area contributed by atoms with Crippen LogP contribution in [0.4, 0.5) is 0 Å². The summed E-state index contributed by atoms with van der Waals surface area (Å²) in [7, 11) is 0. The summed E-state index contributed by atoms with van der Waals surface area (Å²) in [6.45, 7) is 0. The van der Waals surface area contributed by atoms with Gasteiger partial charge in [0.15, 0.2) is 0 Å². The molecule has 1 aromatic rings. The first kappa shape index (κ1) is 13.7. The van der Waals surface area contributed by atoms with Crippen LogP contribution < -0.4 is 5.32 Å². The van der Waals surface area contributed by atoms with Crippen LogP contribution in [0.25, 0.3) is 0 Å². The Morgan fingerprint density at radius 3 is 2.56 bits per heavy atom. The van der Waals surface area contributed by atoms with Crippen molar-refractivity contribution in [1.29, 1.82) is 0 Å². The minimum absolute atomic E-state index is 0.00523. The lowest BCUT2D eigenvalue weighted by atomic mass is 9.99. The van der Waals surface area contributed by atoms with E-state index in [0.717, 1.165) is 31.2 Å². The zero-order valence-electron chi connectivity index (χ0n) is 10.2. The number of carbonyl (C=O) groups is 1. The number of hydrogen-bond donors (Lipinski definition) is 1. The molecule has 1 saturated carbocycles. The summed E-state index contributed by atoms with van der Waals surface area (Å²) in [5.41, 5.74) is 0.666. The maximum absolute atomic E-state index is 12.1. The van der Waals surface area contributed by atoms with Gasteiger partial charge in [0, 0.05) is 10.9 Å². The first-order chi connectivity index (χ1) is 8.65. The Hall–Kier alpha value is -0.730. The Morgan fingerprint density at radius 2 is 1.94 bits per heavy atom. The molecule has 0 saturated heterocycles. The summed E-state index contributed by atoms with van der Waals surface area (Å²) < 4.78 is 0. The molecule has 2 nitrogen and oxygen atoms in total. The van der Waals surface area contributed by atoms with Gasteiger partial charge in [-0.2, -0.15) is 0 Å². The molecule has 4 heteroatoms. The third-order valence-electron chi connectivity index (χ3n) is 3.53. The first-order valence-electron chi connectivity index (χ1n) is 6.26. The van der Waals surface area contributed by atoms with Crippen molar-refractivity contribution in [3.8, 4) is 0 Å². The molecule has 1 aliphatic rings. The highest BCUT2D eigenvalue weighted by atomic mass is 35.5. The lowest BCUT2D eigenvalue weighted by molar-refractivity contribution is -0.122. The molecule has 0 heterocycles. The molecule has 1 amide bonds. The predicted molar refractivity (Wildman–Crippen MR) is 75.2 cm³/mol. The molecule has 1 fully saturated rings. The Kier molecular flexibility index (Phi) is 4.52. The highest BCUT2D eigenvalue weighted by molar-refractivity contribution is 6.31. The predicted octanol–water partition coefficient (Wildman–Crippen LogP) is 3.55. The van der Waals surface area contributed by atoms with E-state index < -0.39 is 0 Å². The second-order valence-electron chi connectivity index (χ2n) is 4.94. The van der Waals surface area contributed by atoms with Crippen LogP contribution in [0.2, 0.25) is 5.02 Å². The fourth-order valence-corrected chi connectivity index (χ4v) is 3.04. The van der Waals surface area contributed by atoms with E-state index in [1.165, 1.54) is 0 Å². The van der Waals surface area contributed by atoms with Gasteiger partial charge in [0.2, 0.25) is 5.91 Å². The highest BCUT2D eigenvalue weighted by Gasteiger charge is 2.34. The maximum Gasteiger partial charge on any atom is 0.224 e. The van der Waals surface area contributed by atoms with Gasteiger partial charge >= 0.3 is 0 Å².